The number of Topliss-reactive ketones (excluding diaryl/α,β-unsaturated/α-hetero) is 1. The maximum absolute atomic E-state index is 12.5. The maximum Gasteiger partial charge on any atom is 0.255 e. The molecule has 0 bridgehead atoms. The Labute approximate surface area is 171 Å². The summed E-state index contributed by atoms with van der Waals surface area (Å²) in [5.74, 6) is 0.0958. The van der Waals surface area contributed by atoms with Crippen LogP contribution in [0.5, 0.6) is 0 Å². The van der Waals surface area contributed by atoms with Crippen molar-refractivity contribution in [3.8, 4) is 0 Å². The van der Waals surface area contributed by atoms with E-state index in [0.717, 1.165) is 4.90 Å². The molecule has 0 atom stereocenters. The van der Waals surface area contributed by atoms with Crippen LogP contribution in [-0.2, 0) is 0 Å². The highest BCUT2D eigenvalue weighted by Gasteiger charge is 2.10. The summed E-state index contributed by atoms with van der Waals surface area (Å²) in [6, 6.07) is 21.2. The Morgan fingerprint density at radius 1 is 0.815 bits per heavy atom. The lowest BCUT2D eigenvalue weighted by molar-refractivity contribution is 0.101. The van der Waals surface area contributed by atoms with Crippen molar-refractivity contribution in [2.45, 2.75) is 4.90 Å². The zero-order valence-corrected chi connectivity index (χ0v) is 16.4. The van der Waals surface area contributed by atoms with Gasteiger partial charge in [-0.25, -0.2) is 0 Å². The Hall–Kier alpha value is -2.27. The fourth-order valence-electron chi connectivity index (χ4n) is 2.36. The molecule has 0 saturated carbocycles. The second kappa shape index (κ2) is 9.09. The monoisotopic (exact) mass is 415 g/mol. The molecule has 0 spiro atoms. The number of carbonyl (C=O) groups excluding carboxylic acids is 2. The zero-order valence-electron chi connectivity index (χ0n) is 14.1. The van der Waals surface area contributed by atoms with Crippen LogP contribution in [-0.4, -0.2) is 17.4 Å². The highest BCUT2D eigenvalue weighted by molar-refractivity contribution is 8.00. The van der Waals surface area contributed by atoms with E-state index in [2.05, 4.69) is 5.32 Å². The number of rotatable bonds is 6. The Kier molecular flexibility index (Phi) is 6.56. The van der Waals surface area contributed by atoms with E-state index >= 15 is 0 Å². The fraction of sp³-hybridized carbons (Fsp3) is 0.0476. The van der Waals surface area contributed by atoms with E-state index in [-0.39, 0.29) is 11.7 Å². The summed E-state index contributed by atoms with van der Waals surface area (Å²) in [6.45, 7) is 0. The van der Waals surface area contributed by atoms with Gasteiger partial charge in [-0.15, -0.1) is 11.8 Å². The molecule has 6 heteroatoms. The first kappa shape index (κ1) is 19.5. The summed E-state index contributed by atoms with van der Waals surface area (Å²) in [7, 11) is 0. The third-order valence-electron chi connectivity index (χ3n) is 3.74. The average molecular weight is 416 g/mol. The first-order chi connectivity index (χ1) is 13.0. The second-order valence-corrected chi connectivity index (χ2v) is 7.55. The molecule has 0 aromatic heterocycles. The van der Waals surface area contributed by atoms with Crippen molar-refractivity contribution in [1.29, 1.82) is 0 Å². The predicted octanol–water partition coefficient (Wildman–Crippen LogP) is 6.22. The molecular weight excluding hydrogens is 401 g/mol. The van der Waals surface area contributed by atoms with Crippen LogP contribution in [0.3, 0.4) is 0 Å². The normalized spacial score (nSPS) is 10.4. The molecule has 3 rings (SSSR count). The van der Waals surface area contributed by atoms with Gasteiger partial charge in [-0.1, -0.05) is 59.6 Å². The van der Waals surface area contributed by atoms with E-state index in [1.165, 1.54) is 11.8 Å². The molecular formula is C21H15Cl2NO2S. The standard InChI is InChI=1S/C21H15Cl2NO2S/c22-18-10-9-16(12-19(18)23)24-21(26)15-7-4-8-17(11-15)27-13-20(25)14-5-2-1-3-6-14/h1-12H,13H2,(H,24,26). The minimum Gasteiger partial charge on any atom is -0.322 e. The van der Waals surface area contributed by atoms with Crippen LogP contribution in [0.2, 0.25) is 10.0 Å². The van der Waals surface area contributed by atoms with Crippen molar-refractivity contribution in [3.05, 3.63) is 94.0 Å². The molecule has 0 fully saturated rings. The number of halogens is 2. The van der Waals surface area contributed by atoms with Crippen molar-refractivity contribution in [2.75, 3.05) is 11.1 Å². The molecule has 136 valence electrons. The topological polar surface area (TPSA) is 46.2 Å². The van der Waals surface area contributed by atoms with Gasteiger partial charge in [0.15, 0.2) is 5.78 Å². The fourth-order valence-corrected chi connectivity index (χ4v) is 3.51. The van der Waals surface area contributed by atoms with Gasteiger partial charge in [0.25, 0.3) is 5.91 Å². The van der Waals surface area contributed by atoms with E-state index in [1.54, 1.807) is 48.5 Å². The van der Waals surface area contributed by atoms with Gasteiger partial charge in [0.2, 0.25) is 0 Å². The number of carbonyl (C=O) groups is 2. The highest BCUT2D eigenvalue weighted by Crippen LogP contribution is 2.26. The third kappa shape index (κ3) is 5.36. The molecule has 0 aliphatic carbocycles. The van der Waals surface area contributed by atoms with Crippen LogP contribution in [0.1, 0.15) is 20.7 Å². The SMILES string of the molecule is O=C(CSc1cccc(C(=O)Nc2ccc(Cl)c(Cl)c2)c1)c1ccccc1. The third-order valence-corrected chi connectivity index (χ3v) is 5.47. The maximum atomic E-state index is 12.5. The van der Waals surface area contributed by atoms with Gasteiger partial charge in [0.05, 0.1) is 15.8 Å². The van der Waals surface area contributed by atoms with Gasteiger partial charge < -0.3 is 5.32 Å². The number of hydrogen-bond donors (Lipinski definition) is 1. The predicted molar refractivity (Wildman–Crippen MR) is 112 cm³/mol. The first-order valence-corrected chi connectivity index (χ1v) is 9.84. The molecule has 0 radical (unpaired) electrons. The molecule has 0 unspecified atom stereocenters. The number of ketones is 1. The van der Waals surface area contributed by atoms with E-state index in [1.807, 2.05) is 24.3 Å². The van der Waals surface area contributed by atoms with Gasteiger partial charge in [-0.05, 0) is 36.4 Å². The smallest absolute Gasteiger partial charge is 0.255 e. The second-order valence-electron chi connectivity index (χ2n) is 5.69. The summed E-state index contributed by atoms with van der Waals surface area (Å²) < 4.78 is 0. The van der Waals surface area contributed by atoms with Crippen molar-refractivity contribution in [2.24, 2.45) is 0 Å². The molecule has 3 aromatic rings. The van der Waals surface area contributed by atoms with Crippen molar-refractivity contribution >= 4 is 52.3 Å². The van der Waals surface area contributed by atoms with E-state index in [9.17, 15) is 9.59 Å². The molecule has 0 heterocycles. The van der Waals surface area contributed by atoms with Gasteiger partial charge in [-0.2, -0.15) is 0 Å². The molecule has 1 N–H and O–H groups in total. The molecule has 0 saturated heterocycles. The van der Waals surface area contributed by atoms with Crippen molar-refractivity contribution in [1.82, 2.24) is 0 Å². The average Bonchev–Trinajstić information content (AvgIpc) is 2.70. The lowest BCUT2D eigenvalue weighted by Gasteiger charge is -2.08. The zero-order chi connectivity index (χ0) is 19.2. The molecule has 27 heavy (non-hydrogen) atoms. The van der Waals surface area contributed by atoms with Gasteiger partial charge >= 0.3 is 0 Å². The van der Waals surface area contributed by atoms with Gasteiger partial charge in [0.1, 0.15) is 0 Å². The van der Waals surface area contributed by atoms with Gasteiger partial charge in [0, 0.05) is 21.7 Å². The molecule has 0 aliphatic heterocycles. The van der Waals surface area contributed by atoms with Crippen LogP contribution >= 0.6 is 35.0 Å². The number of anilines is 1. The quantitative estimate of drug-likeness (QED) is 0.383. The minimum absolute atomic E-state index is 0.0475. The lowest BCUT2D eigenvalue weighted by atomic mass is 10.2. The largest absolute Gasteiger partial charge is 0.322 e. The molecule has 3 nitrogen and oxygen atoms in total. The lowest BCUT2D eigenvalue weighted by Crippen LogP contribution is -2.11. The molecule has 0 aliphatic rings. The number of amides is 1. The number of nitrogens with one attached hydrogen (secondary N) is 1. The molecule has 1 amide bonds. The van der Waals surface area contributed by atoms with E-state index in [0.29, 0.717) is 32.6 Å². The van der Waals surface area contributed by atoms with Crippen LogP contribution in [0.25, 0.3) is 0 Å². The van der Waals surface area contributed by atoms with Crippen LogP contribution in [0.4, 0.5) is 5.69 Å². The number of thioether (sulfide) groups is 1. The summed E-state index contributed by atoms with van der Waals surface area (Å²) in [4.78, 5) is 25.5. The van der Waals surface area contributed by atoms with Crippen LogP contribution in [0, 0.1) is 0 Å². The van der Waals surface area contributed by atoms with E-state index < -0.39 is 0 Å². The number of benzene rings is 3. The Bertz CT molecular complexity index is 977. The van der Waals surface area contributed by atoms with Crippen LogP contribution < -0.4 is 5.32 Å². The van der Waals surface area contributed by atoms with Gasteiger partial charge in [-0.3, -0.25) is 9.59 Å². The van der Waals surface area contributed by atoms with Crippen LogP contribution in [0.15, 0.2) is 77.7 Å². The summed E-state index contributed by atoms with van der Waals surface area (Å²) in [5, 5.41) is 3.59. The highest BCUT2D eigenvalue weighted by atomic mass is 35.5. The van der Waals surface area contributed by atoms with Crippen molar-refractivity contribution in [3.63, 3.8) is 0 Å². The Morgan fingerprint density at radius 2 is 1.56 bits per heavy atom. The minimum atomic E-state index is -0.259. The van der Waals surface area contributed by atoms with E-state index in [4.69, 9.17) is 23.2 Å². The van der Waals surface area contributed by atoms with Crippen molar-refractivity contribution < 1.29 is 9.59 Å². The summed E-state index contributed by atoms with van der Waals surface area (Å²) in [6.07, 6.45) is 0. The summed E-state index contributed by atoms with van der Waals surface area (Å²) in [5.41, 5.74) is 1.74. The number of hydrogen-bond acceptors (Lipinski definition) is 3. The first-order valence-electron chi connectivity index (χ1n) is 8.10. The summed E-state index contributed by atoms with van der Waals surface area (Å²) >= 11 is 13.3. The Morgan fingerprint density at radius 3 is 2.30 bits per heavy atom. The Balaban J connectivity index is 1.65. The molecule has 3 aromatic carbocycles.